The average Bonchev–Trinajstić information content (AvgIpc) is 2.94. The molecule has 0 spiro atoms. The van der Waals surface area contributed by atoms with Crippen LogP contribution in [0, 0.1) is 17.8 Å². The molecule has 4 atom stereocenters. The molecule has 1 unspecified atom stereocenters. The normalized spacial score (nSPS) is 31.7. The summed E-state index contributed by atoms with van der Waals surface area (Å²) in [6, 6.07) is -0.0326. The number of nitrogens with one attached hydrogen (secondary N) is 1. The fourth-order valence-electron chi connectivity index (χ4n) is 3.01. The molecule has 2 aliphatic rings. The minimum Gasteiger partial charge on any atom is -0.369 e. The third-order valence-electron chi connectivity index (χ3n) is 3.81. The highest BCUT2D eigenvalue weighted by molar-refractivity contribution is 9.10. The summed E-state index contributed by atoms with van der Waals surface area (Å²) in [7, 11) is 0. The molecule has 0 saturated heterocycles. The van der Waals surface area contributed by atoms with Crippen LogP contribution in [-0.4, -0.2) is 21.9 Å². The third-order valence-corrected chi connectivity index (χ3v) is 4.57. The molecule has 1 amide bonds. The average molecular weight is 344 g/mol. The lowest BCUT2D eigenvalue weighted by atomic mass is 9.88. The van der Waals surface area contributed by atoms with E-state index >= 15 is 0 Å². The van der Waals surface area contributed by atoms with Gasteiger partial charge in [0.1, 0.15) is 5.82 Å². The quantitative estimate of drug-likeness (QED) is 0.649. The van der Waals surface area contributed by atoms with Gasteiger partial charge in [-0.05, 0) is 45.8 Å². The second kappa shape index (κ2) is 4.76. The highest BCUT2D eigenvalue weighted by Crippen LogP contribution is 2.45. The number of hydrogen-bond donors (Lipinski definition) is 2. The number of anilines is 1. The highest BCUT2D eigenvalue weighted by atomic mass is 79.9. The number of amides is 1. The van der Waals surface area contributed by atoms with Gasteiger partial charge in [0.15, 0.2) is 0 Å². The van der Waals surface area contributed by atoms with Gasteiger partial charge in [-0.2, -0.15) is 4.98 Å². The van der Waals surface area contributed by atoms with Crippen LogP contribution in [-0.2, 0) is 4.79 Å². The van der Waals surface area contributed by atoms with Crippen molar-refractivity contribution < 1.29 is 4.79 Å². The predicted molar refractivity (Wildman–Crippen MR) is 75.6 cm³/mol. The summed E-state index contributed by atoms with van der Waals surface area (Å²) in [6.45, 7) is 0. The van der Waals surface area contributed by atoms with Crippen molar-refractivity contribution in [3.8, 4) is 0 Å². The smallest absolute Gasteiger partial charge is 0.224 e. The Morgan fingerprint density at radius 3 is 2.95 bits per heavy atom. The van der Waals surface area contributed by atoms with Gasteiger partial charge in [-0.25, -0.2) is 4.98 Å². The Morgan fingerprint density at radius 1 is 1.47 bits per heavy atom. The van der Waals surface area contributed by atoms with Crippen LogP contribution in [0.4, 0.5) is 5.82 Å². The number of aromatic nitrogens is 2. The molecule has 3 N–H and O–H groups in total. The van der Waals surface area contributed by atoms with Gasteiger partial charge < -0.3 is 11.1 Å². The topological polar surface area (TPSA) is 80.9 Å². The molecular weight excluding hydrogens is 332 g/mol. The van der Waals surface area contributed by atoms with Crippen LogP contribution in [0.15, 0.2) is 22.8 Å². The standard InChI is InChI=1S/C12H12BrClN4O/c13-7-4-16-12(14)18-11(7)17-9-6-2-1-5(3-6)8(9)10(15)19/h1-2,4-6,8-9H,3H2,(H2,15,19)(H,16,17,18)/t5-,6+,8?,9-/m1/s1. The Morgan fingerprint density at radius 2 is 2.21 bits per heavy atom. The highest BCUT2D eigenvalue weighted by Gasteiger charge is 2.47. The zero-order chi connectivity index (χ0) is 13.6. The fraction of sp³-hybridized carbons (Fsp3) is 0.417. The Labute approximate surface area is 123 Å². The monoisotopic (exact) mass is 342 g/mol. The van der Waals surface area contributed by atoms with Crippen LogP contribution in [0.2, 0.25) is 5.28 Å². The van der Waals surface area contributed by atoms with Crippen LogP contribution in [0.1, 0.15) is 6.42 Å². The molecule has 0 aliphatic heterocycles. The molecule has 0 radical (unpaired) electrons. The van der Waals surface area contributed by atoms with E-state index in [0.717, 1.165) is 6.42 Å². The fourth-order valence-corrected chi connectivity index (χ4v) is 3.45. The first-order valence-electron chi connectivity index (χ1n) is 5.98. The van der Waals surface area contributed by atoms with E-state index in [-0.39, 0.29) is 29.1 Å². The molecule has 0 aromatic carbocycles. The number of carbonyl (C=O) groups is 1. The van der Waals surface area contributed by atoms with Crippen molar-refractivity contribution in [1.82, 2.24) is 9.97 Å². The second-order valence-corrected chi connectivity index (χ2v) is 6.07. The largest absolute Gasteiger partial charge is 0.369 e. The van der Waals surface area contributed by atoms with Crippen molar-refractivity contribution >= 4 is 39.3 Å². The van der Waals surface area contributed by atoms with Crippen molar-refractivity contribution in [3.63, 3.8) is 0 Å². The molecule has 1 fully saturated rings. The van der Waals surface area contributed by atoms with Crippen LogP contribution in [0.3, 0.4) is 0 Å². The molecule has 2 bridgehead atoms. The molecule has 1 saturated carbocycles. The van der Waals surface area contributed by atoms with Gasteiger partial charge in [-0.3, -0.25) is 4.79 Å². The number of hydrogen-bond acceptors (Lipinski definition) is 4. The molecule has 3 rings (SSSR count). The van der Waals surface area contributed by atoms with Gasteiger partial charge in [-0.15, -0.1) is 0 Å². The van der Waals surface area contributed by atoms with E-state index in [0.29, 0.717) is 16.2 Å². The summed E-state index contributed by atoms with van der Waals surface area (Å²) in [5, 5.41) is 3.44. The third kappa shape index (κ3) is 2.23. The van der Waals surface area contributed by atoms with Crippen LogP contribution >= 0.6 is 27.5 Å². The van der Waals surface area contributed by atoms with E-state index < -0.39 is 0 Å². The summed E-state index contributed by atoms with van der Waals surface area (Å²) in [5.74, 6) is 0.665. The number of fused-ring (bicyclic) bond motifs is 2. The minimum absolute atomic E-state index is 0.0326. The number of halogens is 2. The van der Waals surface area contributed by atoms with E-state index in [1.54, 1.807) is 6.20 Å². The molecule has 7 heteroatoms. The molecule has 1 aromatic heterocycles. The Bertz CT molecular complexity index is 565. The molecule has 19 heavy (non-hydrogen) atoms. The van der Waals surface area contributed by atoms with E-state index in [1.165, 1.54) is 0 Å². The number of primary amides is 1. The van der Waals surface area contributed by atoms with Crippen molar-refractivity contribution in [2.75, 3.05) is 5.32 Å². The van der Waals surface area contributed by atoms with E-state index in [4.69, 9.17) is 17.3 Å². The Hall–Kier alpha value is -1.14. The first-order valence-corrected chi connectivity index (χ1v) is 7.15. The van der Waals surface area contributed by atoms with Crippen molar-refractivity contribution in [1.29, 1.82) is 0 Å². The molecule has 1 aromatic rings. The first kappa shape index (κ1) is 12.9. The predicted octanol–water partition coefficient (Wildman–Crippen LogP) is 1.98. The van der Waals surface area contributed by atoms with Crippen LogP contribution in [0.5, 0.6) is 0 Å². The minimum atomic E-state index is -0.273. The van der Waals surface area contributed by atoms with E-state index in [9.17, 15) is 4.79 Å². The van der Waals surface area contributed by atoms with Gasteiger partial charge in [-0.1, -0.05) is 12.2 Å². The Kier molecular flexibility index (Phi) is 3.22. The molecule has 100 valence electrons. The zero-order valence-corrected chi connectivity index (χ0v) is 12.2. The van der Waals surface area contributed by atoms with Crippen LogP contribution < -0.4 is 11.1 Å². The molecule has 5 nitrogen and oxygen atoms in total. The summed E-state index contributed by atoms with van der Waals surface area (Å²) in [6.07, 6.45) is 6.76. The lowest BCUT2D eigenvalue weighted by molar-refractivity contribution is -0.122. The van der Waals surface area contributed by atoms with Gasteiger partial charge >= 0.3 is 0 Å². The van der Waals surface area contributed by atoms with Crippen molar-refractivity contribution in [3.05, 3.63) is 28.1 Å². The van der Waals surface area contributed by atoms with Crippen molar-refractivity contribution in [2.24, 2.45) is 23.5 Å². The maximum Gasteiger partial charge on any atom is 0.224 e. The summed E-state index contributed by atoms with van der Waals surface area (Å²) >= 11 is 9.16. The number of carbonyl (C=O) groups excluding carboxylic acids is 1. The lowest BCUT2D eigenvalue weighted by Crippen LogP contribution is -2.41. The summed E-state index contributed by atoms with van der Waals surface area (Å²) < 4.78 is 0.715. The first-order chi connectivity index (χ1) is 9.06. The maximum absolute atomic E-state index is 11.6. The van der Waals surface area contributed by atoms with E-state index in [2.05, 4.69) is 43.4 Å². The van der Waals surface area contributed by atoms with Gasteiger partial charge in [0.05, 0.1) is 10.4 Å². The van der Waals surface area contributed by atoms with Gasteiger partial charge in [0.25, 0.3) is 0 Å². The summed E-state index contributed by atoms with van der Waals surface area (Å²) in [4.78, 5) is 19.6. The number of rotatable bonds is 3. The van der Waals surface area contributed by atoms with Gasteiger partial charge in [0.2, 0.25) is 11.2 Å². The summed E-state index contributed by atoms with van der Waals surface area (Å²) in [5.41, 5.74) is 5.51. The number of nitrogens with two attached hydrogens (primary N) is 1. The molecular formula is C12H12BrClN4O. The van der Waals surface area contributed by atoms with Gasteiger partial charge in [0, 0.05) is 12.2 Å². The Balaban J connectivity index is 1.88. The number of nitrogens with zero attached hydrogens (tertiary/aromatic N) is 2. The molecule has 2 aliphatic carbocycles. The van der Waals surface area contributed by atoms with Crippen LogP contribution in [0.25, 0.3) is 0 Å². The lowest BCUT2D eigenvalue weighted by Gasteiger charge is -2.27. The SMILES string of the molecule is NC(=O)C1[C@@H]2C=C[C@@H](C2)[C@H]1Nc1nc(Cl)ncc1Br. The number of allylic oxidation sites excluding steroid dienone is 1. The van der Waals surface area contributed by atoms with E-state index in [1.807, 2.05) is 0 Å². The maximum atomic E-state index is 11.6. The van der Waals surface area contributed by atoms with Crippen molar-refractivity contribution in [2.45, 2.75) is 12.5 Å². The molecule has 1 heterocycles. The zero-order valence-electron chi connectivity index (χ0n) is 9.88. The second-order valence-electron chi connectivity index (χ2n) is 4.88.